The first kappa shape index (κ1) is 15.6. The zero-order valence-electron chi connectivity index (χ0n) is 11.9. The van der Waals surface area contributed by atoms with Crippen LogP contribution in [0.25, 0.3) is 11.1 Å². The topological polar surface area (TPSA) is 80.6 Å². The molecule has 6 nitrogen and oxygen atoms in total. The van der Waals surface area contributed by atoms with Crippen molar-refractivity contribution in [2.24, 2.45) is 0 Å². The van der Waals surface area contributed by atoms with Gasteiger partial charge in [0.25, 0.3) is 5.56 Å². The number of carbonyl (C=O) groups is 1. The number of nitrogens with zero attached hydrogens (tertiary/aromatic N) is 1. The van der Waals surface area contributed by atoms with Crippen molar-refractivity contribution in [3.63, 3.8) is 0 Å². The number of benzene rings is 1. The molecule has 0 radical (unpaired) electrons. The maximum absolute atomic E-state index is 12.3. The number of aryl methyl sites for hydroxylation is 1. The van der Waals surface area contributed by atoms with Gasteiger partial charge in [-0.15, -0.1) is 0 Å². The molecule has 0 fully saturated rings. The molecule has 1 amide bonds. The highest BCUT2D eigenvalue weighted by atomic mass is 19.1. The van der Waals surface area contributed by atoms with E-state index >= 15 is 0 Å². The summed E-state index contributed by atoms with van der Waals surface area (Å²) in [4.78, 5) is 22.5. The number of carboxylic acid groups (broad SMARTS) is 1. The molecule has 1 aromatic carbocycles. The van der Waals surface area contributed by atoms with Gasteiger partial charge in [-0.1, -0.05) is 6.07 Å². The van der Waals surface area contributed by atoms with Crippen LogP contribution in [0, 0.1) is 0 Å². The fourth-order valence-electron chi connectivity index (χ4n) is 2.05. The summed E-state index contributed by atoms with van der Waals surface area (Å²) >= 11 is 0. The highest BCUT2D eigenvalue weighted by molar-refractivity contribution is 5.86. The van der Waals surface area contributed by atoms with Crippen LogP contribution in [0.4, 0.5) is 14.9 Å². The molecule has 116 valence electrons. The van der Waals surface area contributed by atoms with Crippen molar-refractivity contribution < 1.29 is 19.0 Å². The Morgan fingerprint density at radius 1 is 1.32 bits per heavy atom. The lowest BCUT2D eigenvalue weighted by atomic mass is 10.1. The molecule has 0 aliphatic carbocycles. The minimum atomic E-state index is -1.19. The molecule has 2 N–H and O–H groups in total. The summed E-state index contributed by atoms with van der Waals surface area (Å²) in [5.74, 6) is 0.341. The third kappa shape index (κ3) is 3.43. The number of amides is 1. The molecule has 22 heavy (non-hydrogen) atoms. The molecule has 0 atom stereocenters. The molecule has 7 heteroatoms. The minimum Gasteiger partial charge on any atom is -0.495 e. The fourth-order valence-corrected chi connectivity index (χ4v) is 2.05. The third-order valence-corrected chi connectivity index (χ3v) is 3.10. The van der Waals surface area contributed by atoms with Gasteiger partial charge in [0.15, 0.2) is 0 Å². The van der Waals surface area contributed by atoms with Gasteiger partial charge in [-0.05, 0) is 29.3 Å². The highest BCUT2D eigenvalue weighted by Gasteiger charge is 2.09. The van der Waals surface area contributed by atoms with Crippen molar-refractivity contribution in [1.82, 2.24) is 4.57 Å². The molecule has 1 heterocycles. The van der Waals surface area contributed by atoms with Gasteiger partial charge in [0.05, 0.1) is 19.3 Å². The Bertz CT molecular complexity index is 743. The Morgan fingerprint density at radius 2 is 2.05 bits per heavy atom. The van der Waals surface area contributed by atoms with Gasteiger partial charge in [0.1, 0.15) is 12.4 Å². The largest absolute Gasteiger partial charge is 0.495 e. The Hall–Kier alpha value is -2.83. The lowest BCUT2D eigenvalue weighted by molar-refractivity contribution is 0.209. The number of ether oxygens (including phenoxy) is 1. The molecule has 0 unspecified atom stereocenters. The third-order valence-electron chi connectivity index (χ3n) is 3.10. The van der Waals surface area contributed by atoms with Gasteiger partial charge in [0.2, 0.25) is 0 Å². The zero-order valence-corrected chi connectivity index (χ0v) is 11.9. The summed E-state index contributed by atoms with van der Waals surface area (Å²) in [6.07, 6.45) is 0.326. The van der Waals surface area contributed by atoms with E-state index in [2.05, 4.69) is 5.32 Å². The summed E-state index contributed by atoms with van der Waals surface area (Å²) < 4.78 is 18.7. The number of alkyl halides is 1. The summed E-state index contributed by atoms with van der Waals surface area (Å²) in [6, 6.07) is 7.93. The molecular formula is C15H15FN2O4. The van der Waals surface area contributed by atoms with E-state index in [0.29, 0.717) is 22.6 Å². The zero-order chi connectivity index (χ0) is 16.1. The average Bonchev–Trinajstić information content (AvgIpc) is 2.49. The number of rotatable bonds is 5. The quantitative estimate of drug-likeness (QED) is 0.889. The fraction of sp³-hybridized carbons (Fsp3) is 0.200. The van der Waals surface area contributed by atoms with Crippen molar-refractivity contribution in [3.8, 4) is 16.9 Å². The van der Waals surface area contributed by atoms with Crippen molar-refractivity contribution >= 4 is 11.8 Å². The standard InChI is InChI=1S/C15H15FN2O4/c1-22-13-8-10(2-3-12(13)17-15(20)21)11-4-6-18(7-5-16)14(19)9-11/h2-4,6,8-9,17H,5,7H2,1H3,(H,20,21). The number of hydrogen-bond donors (Lipinski definition) is 2. The lowest BCUT2D eigenvalue weighted by Crippen LogP contribution is -2.19. The Balaban J connectivity index is 2.38. The Labute approximate surface area is 125 Å². The van der Waals surface area contributed by atoms with Crippen LogP contribution in [0.3, 0.4) is 0 Å². The molecule has 0 saturated carbocycles. The van der Waals surface area contributed by atoms with Crippen LogP contribution >= 0.6 is 0 Å². The second kappa shape index (κ2) is 6.75. The van der Waals surface area contributed by atoms with E-state index in [-0.39, 0.29) is 12.1 Å². The van der Waals surface area contributed by atoms with Crippen LogP contribution in [0.1, 0.15) is 0 Å². The number of hydrogen-bond acceptors (Lipinski definition) is 3. The van der Waals surface area contributed by atoms with Crippen LogP contribution in [-0.2, 0) is 6.54 Å². The first-order valence-electron chi connectivity index (χ1n) is 6.50. The van der Waals surface area contributed by atoms with Gasteiger partial charge in [-0.2, -0.15) is 0 Å². The molecular weight excluding hydrogens is 291 g/mol. The smallest absolute Gasteiger partial charge is 0.409 e. The van der Waals surface area contributed by atoms with E-state index in [4.69, 9.17) is 9.84 Å². The average molecular weight is 306 g/mol. The summed E-state index contributed by atoms with van der Waals surface area (Å²) in [5, 5.41) is 11.0. The minimum absolute atomic E-state index is 0.0178. The predicted molar refractivity (Wildman–Crippen MR) is 80.3 cm³/mol. The number of aromatic nitrogens is 1. The monoisotopic (exact) mass is 306 g/mol. The van der Waals surface area contributed by atoms with Crippen molar-refractivity contribution in [1.29, 1.82) is 0 Å². The van der Waals surface area contributed by atoms with E-state index in [1.54, 1.807) is 24.3 Å². The number of anilines is 1. The van der Waals surface area contributed by atoms with Gasteiger partial charge in [-0.3, -0.25) is 10.1 Å². The summed E-state index contributed by atoms with van der Waals surface area (Å²) in [7, 11) is 1.42. The summed E-state index contributed by atoms with van der Waals surface area (Å²) in [5.41, 5.74) is 1.34. The number of halogens is 1. The second-order valence-corrected chi connectivity index (χ2v) is 4.48. The molecule has 2 aromatic rings. The normalized spacial score (nSPS) is 10.3. The Kier molecular flexibility index (Phi) is 4.77. The molecule has 1 aromatic heterocycles. The van der Waals surface area contributed by atoms with Gasteiger partial charge >= 0.3 is 6.09 Å². The van der Waals surface area contributed by atoms with Crippen LogP contribution in [0.5, 0.6) is 5.75 Å². The van der Waals surface area contributed by atoms with E-state index in [1.165, 1.54) is 23.9 Å². The van der Waals surface area contributed by atoms with Crippen LogP contribution < -0.4 is 15.6 Å². The number of nitrogens with one attached hydrogen (secondary N) is 1. The summed E-state index contributed by atoms with van der Waals surface area (Å²) in [6.45, 7) is -0.591. The van der Waals surface area contributed by atoms with Gasteiger partial charge in [-0.25, -0.2) is 9.18 Å². The Morgan fingerprint density at radius 3 is 2.64 bits per heavy atom. The maximum atomic E-state index is 12.3. The molecule has 0 bridgehead atoms. The molecule has 0 spiro atoms. The first-order valence-corrected chi connectivity index (χ1v) is 6.50. The van der Waals surface area contributed by atoms with E-state index in [1.807, 2.05) is 0 Å². The van der Waals surface area contributed by atoms with Gasteiger partial charge < -0.3 is 14.4 Å². The van der Waals surface area contributed by atoms with Crippen LogP contribution in [-0.4, -0.2) is 29.6 Å². The predicted octanol–water partition coefficient (Wildman–Crippen LogP) is 2.58. The van der Waals surface area contributed by atoms with Crippen LogP contribution in [0.15, 0.2) is 41.3 Å². The van der Waals surface area contributed by atoms with Gasteiger partial charge in [0, 0.05) is 12.3 Å². The van der Waals surface area contributed by atoms with E-state index in [0.717, 1.165) is 0 Å². The van der Waals surface area contributed by atoms with Crippen molar-refractivity contribution in [2.45, 2.75) is 6.54 Å². The maximum Gasteiger partial charge on any atom is 0.409 e. The van der Waals surface area contributed by atoms with E-state index < -0.39 is 12.8 Å². The second-order valence-electron chi connectivity index (χ2n) is 4.48. The highest BCUT2D eigenvalue weighted by Crippen LogP contribution is 2.30. The van der Waals surface area contributed by atoms with Crippen molar-refractivity contribution in [2.75, 3.05) is 19.1 Å². The molecule has 0 aliphatic heterocycles. The molecule has 0 saturated heterocycles. The molecule has 2 rings (SSSR count). The molecule has 0 aliphatic rings. The van der Waals surface area contributed by atoms with E-state index in [9.17, 15) is 14.0 Å². The SMILES string of the molecule is COc1cc(-c2ccn(CCF)c(=O)c2)ccc1NC(=O)O. The first-order chi connectivity index (χ1) is 10.5. The van der Waals surface area contributed by atoms with Crippen molar-refractivity contribution in [3.05, 3.63) is 46.9 Å². The number of pyridine rings is 1. The number of methoxy groups -OCH3 is 1. The lowest BCUT2D eigenvalue weighted by Gasteiger charge is -2.11. The van der Waals surface area contributed by atoms with Crippen LogP contribution in [0.2, 0.25) is 0 Å².